The Morgan fingerprint density at radius 3 is 2.65 bits per heavy atom. The predicted molar refractivity (Wildman–Crippen MR) is 77.4 cm³/mol. The van der Waals surface area contributed by atoms with Gasteiger partial charge in [-0.05, 0) is 37.6 Å². The maximum atomic E-state index is 11.9. The number of nitrogens with zero attached hydrogens (tertiary/aromatic N) is 2. The fraction of sp³-hybridized carbons (Fsp3) is 0.312. The van der Waals surface area contributed by atoms with Crippen LogP contribution in [0.2, 0.25) is 0 Å². The number of carbonyl (C=O) groups excluding carboxylic acids is 1. The summed E-state index contributed by atoms with van der Waals surface area (Å²) in [5.41, 5.74) is 2.91. The number of rotatable bonds is 5. The largest absolute Gasteiger partial charge is 0.462 e. The summed E-state index contributed by atoms with van der Waals surface area (Å²) >= 11 is 0. The third kappa shape index (κ3) is 3.20. The van der Waals surface area contributed by atoms with E-state index in [1.165, 1.54) is 0 Å². The highest BCUT2D eigenvalue weighted by molar-refractivity contribution is 5.91. The highest BCUT2D eigenvalue weighted by Crippen LogP contribution is 2.18. The van der Waals surface area contributed by atoms with Crippen LogP contribution in [0.5, 0.6) is 0 Å². The standard InChI is InChI=1S/C16H18N2O2/c1-3-7-13-12(16(19)20-4-2)9-10-15(18-13)14-8-5-6-11-17-14/h5-6,8-11H,3-4,7H2,1-2H3. The molecule has 2 heterocycles. The summed E-state index contributed by atoms with van der Waals surface area (Å²) in [6, 6.07) is 9.28. The molecule has 0 amide bonds. The Bertz CT molecular complexity index is 582. The third-order valence-electron chi connectivity index (χ3n) is 2.88. The smallest absolute Gasteiger partial charge is 0.339 e. The zero-order valence-electron chi connectivity index (χ0n) is 11.8. The van der Waals surface area contributed by atoms with E-state index in [1.807, 2.05) is 24.3 Å². The fourth-order valence-electron chi connectivity index (χ4n) is 1.98. The highest BCUT2D eigenvalue weighted by atomic mass is 16.5. The van der Waals surface area contributed by atoms with Crippen LogP contribution in [0.1, 0.15) is 36.3 Å². The van der Waals surface area contributed by atoms with Crippen molar-refractivity contribution in [2.45, 2.75) is 26.7 Å². The first kappa shape index (κ1) is 14.2. The molecule has 2 aromatic rings. The summed E-state index contributed by atoms with van der Waals surface area (Å²) in [6.07, 6.45) is 3.40. The number of aromatic nitrogens is 2. The van der Waals surface area contributed by atoms with E-state index in [1.54, 1.807) is 19.2 Å². The summed E-state index contributed by atoms with van der Waals surface area (Å²) in [7, 11) is 0. The molecule has 0 aliphatic carbocycles. The van der Waals surface area contributed by atoms with Crippen LogP contribution in [0.4, 0.5) is 0 Å². The van der Waals surface area contributed by atoms with Crippen molar-refractivity contribution in [2.24, 2.45) is 0 Å². The van der Waals surface area contributed by atoms with Gasteiger partial charge in [0, 0.05) is 6.20 Å². The average Bonchev–Trinajstić information content (AvgIpc) is 2.48. The molecule has 0 aliphatic rings. The lowest BCUT2D eigenvalue weighted by molar-refractivity contribution is 0.0524. The van der Waals surface area contributed by atoms with Gasteiger partial charge in [0.15, 0.2) is 0 Å². The van der Waals surface area contributed by atoms with Gasteiger partial charge in [-0.25, -0.2) is 4.79 Å². The van der Waals surface area contributed by atoms with Crippen LogP contribution in [0.15, 0.2) is 36.5 Å². The lowest BCUT2D eigenvalue weighted by Crippen LogP contribution is -2.10. The normalized spacial score (nSPS) is 10.3. The number of aryl methyl sites for hydroxylation is 1. The van der Waals surface area contributed by atoms with Crippen molar-refractivity contribution >= 4 is 5.97 Å². The van der Waals surface area contributed by atoms with Gasteiger partial charge in [-0.2, -0.15) is 0 Å². The van der Waals surface area contributed by atoms with Crippen molar-refractivity contribution in [1.82, 2.24) is 9.97 Å². The van der Waals surface area contributed by atoms with Crippen molar-refractivity contribution in [1.29, 1.82) is 0 Å². The minimum Gasteiger partial charge on any atom is -0.462 e. The van der Waals surface area contributed by atoms with Gasteiger partial charge in [-0.1, -0.05) is 19.4 Å². The molecule has 0 aromatic carbocycles. The second-order valence-corrected chi connectivity index (χ2v) is 4.38. The van der Waals surface area contributed by atoms with Crippen LogP contribution < -0.4 is 0 Å². The van der Waals surface area contributed by atoms with Crippen molar-refractivity contribution in [3.8, 4) is 11.4 Å². The maximum absolute atomic E-state index is 11.9. The molecule has 0 unspecified atom stereocenters. The number of hydrogen-bond donors (Lipinski definition) is 0. The van der Waals surface area contributed by atoms with Crippen molar-refractivity contribution in [3.05, 3.63) is 47.8 Å². The Labute approximate surface area is 118 Å². The second-order valence-electron chi connectivity index (χ2n) is 4.38. The molecule has 0 aliphatic heterocycles. The van der Waals surface area contributed by atoms with Gasteiger partial charge in [0.2, 0.25) is 0 Å². The van der Waals surface area contributed by atoms with E-state index >= 15 is 0 Å². The van der Waals surface area contributed by atoms with Crippen LogP contribution >= 0.6 is 0 Å². The summed E-state index contributed by atoms with van der Waals surface area (Å²) < 4.78 is 5.07. The molecule has 0 atom stereocenters. The Balaban J connectivity index is 2.39. The van der Waals surface area contributed by atoms with E-state index in [-0.39, 0.29) is 5.97 Å². The SMILES string of the molecule is CCCc1nc(-c2ccccn2)ccc1C(=O)OCC. The molecule has 0 bridgehead atoms. The van der Waals surface area contributed by atoms with Crippen molar-refractivity contribution < 1.29 is 9.53 Å². The van der Waals surface area contributed by atoms with E-state index in [0.717, 1.165) is 29.9 Å². The molecule has 4 nitrogen and oxygen atoms in total. The molecular formula is C16H18N2O2. The van der Waals surface area contributed by atoms with Crippen molar-refractivity contribution in [2.75, 3.05) is 6.61 Å². The van der Waals surface area contributed by atoms with Crippen molar-refractivity contribution in [3.63, 3.8) is 0 Å². The highest BCUT2D eigenvalue weighted by Gasteiger charge is 2.14. The van der Waals surface area contributed by atoms with Gasteiger partial charge >= 0.3 is 5.97 Å². The predicted octanol–water partition coefficient (Wildman–Crippen LogP) is 3.27. The van der Waals surface area contributed by atoms with Gasteiger partial charge in [0.05, 0.1) is 29.3 Å². The molecular weight excluding hydrogens is 252 g/mol. The van der Waals surface area contributed by atoms with Gasteiger partial charge in [-0.15, -0.1) is 0 Å². The minimum atomic E-state index is -0.309. The topological polar surface area (TPSA) is 52.1 Å². The van der Waals surface area contributed by atoms with E-state index in [2.05, 4.69) is 16.9 Å². The van der Waals surface area contributed by atoms with Gasteiger partial charge in [-0.3, -0.25) is 9.97 Å². The quantitative estimate of drug-likeness (QED) is 0.782. The first-order valence-corrected chi connectivity index (χ1v) is 6.84. The zero-order valence-corrected chi connectivity index (χ0v) is 11.8. The first-order valence-electron chi connectivity index (χ1n) is 6.84. The summed E-state index contributed by atoms with van der Waals surface area (Å²) in [5.74, 6) is -0.309. The second kappa shape index (κ2) is 6.80. The molecule has 0 spiro atoms. The third-order valence-corrected chi connectivity index (χ3v) is 2.88. The van der Waals surface area contributed by atoms with Gasteiger partial charge < -0.3 is 4.74 Å². The zero-order chi connectivity index (χ0) is 14.4. The molecule has 4 heteroatoms. The molecule has 0 radical (unpaired) electrons. The Morgan fingerprint density at radius 2 is 2.00 bits per heavy atom. The van der Waals surface area contributed by atoms with E-state index < -0.39 is 0 Å². The molecule has 0 fully saturated rings. The number of hydrogen-bond acceptors (Lipinski definition) is 4. The maximum Gasteiger partial charge on any atom is 0.339 e. The fourth-order valence-corrected chi connectivity index (χ4v) is 1.98. The van der Waals surface area contributed by atoms with E-state index in [9.17, 15) is 4.79 Å². The summed E-state index contributed by atoms with van der Waals surface area (Å²) in [5, 5.41) is 0. The Hall–Kier alpha value is -2.23. The van der Waals surface area contributed by atoms with Crippen LogP contribution in [-0.2, 0) is 11.2 Å². The lowest BCUT2D eigenvalue weighted by atomic mass is 10.1. The molecule has 0 saturated carbocycles. The average molecular weight is 270 g/mol. The lowest BCUT2D eigenvalue weighted by Gasteiger charge is -2.09. The number of pyridine rings is 2. The van der Waals surface area contributed by atoms with Crippen LogP contribution in [0, 0.1) is 0 Å². The van der Waals surface area contributed by atoms with Crippen LogP contribution in [0.3, 0.4) is 0 Å². The van der Waals surface area contributed by atoms with Gasteiger partial charge in [0.25, 0.3) is 0 Å². The molecule has 0 saturated heterocycles. The molecule has 2 aromatic heterocycles. The summed E-state index contributed by atoms with van der Waals surface area (Å²) in [6.45, 7) is 4.23. The molecule has 104 valence electrons. The van der Waals surface area contributed by atoms with E-state index in [0.29, 0.717) is 12.2 Å². The molecule has 2 rings (SSSR count). The van der Waals surface area contributed by atoms with Crippen LogP contribution in [0.25, 0.3) is 11.4 Å². The Kier molecular flexibility index (Phi) is 4.82. The number of ether oxygens (including phenoxy) is 1. The number of esters is 1. The van der Waals surface area contributed by atoms with Gasteiger partial charge in [0.1, 0.15) is 0 Å². The monoisotopic (exact) mass is 270 g/mol. The minimum absolute atomic E-state index is 0.309. The van der Waals surface area contributed by atoms with Crippen LogP contribution in [-0.4, -0.2) is 22.5 Å². The Morgan fingerprint density at radius 1 is 1.15 bits per heavy atom. The molecule has 20 heavy (non-hydrogen) atoms. The van der Waals surface area contributed by atoms with E-state index in [4.69, 9.17) is 4.74 Å². The number of carbonyl (C=O) groups is 1. The summed E-state index contributed by atoms with van der Waals surface area (Å²) in [4.78, 5) is 20.8. The first-order chi connectivity index (χ1) is 9.76. The molecule has 0 N–H and O–H groups in total.